The van der Waals surface area contributed by atoms with Crippen LogP contribution in [0.1, 0.15) is 19.8 Å². The molecule has 0 saturated heterocycles. The van der Waals surface area contributed by atoms with Crippen molar-refractivity contribution < 1.29 is 4.74 Å². The summed E-state index contributed by atoms with van der Waals surface area (Å²) in [4.78, 5) is 0. The SMILES string of the molecule is CC(NCCOc1cccc(Cl)c1Cl)C1CC1. The zero-order valence-electron chi connectivity index (χ0n) is 9.88. The third-order valence-electron chi connectivity index (χ3n) is 3.07. The van der Waals surface area contributed by atoms with Gasteiger partial charge in [0.05, 0.1) is 5.02 Å². The van der Waals surface area contributed by atoms with Crippen molar-refractivity contribution in [2.24, 2.45) is 5.92 Å². The van der Waals surface area contributed by atoms with E-state index in [1.807, 2.05) is 12.1 Å². The van der Waals surface area contributed by atoms with Gasteiger partial charge in [0.1, 0.15) is 17.4 Å². The van der Waals surface area contributed by atoms with Gasteiger partial charge in [-0.3, -0.25) is 0 Å². The van der Waals surface area contributed by atoms with Crippen LogP contribution in [0.5, 0.6) is 5.75 Å². The summed E-state index contributed by atoms with van der Waals surface area (Å²) in [6.45, 7) is 3.67. The molecule has 0 aromatic heterocycles. The van der Waals surface area contributed by atoms with Crippen LogP contribution in [-0.4, -0.2) is 19.2 Å². The average Bonchev–Trinajstić information content (AvgIpc) is 3.13. The van der Waals surface area contributed by atoms with E-state index in [4.69, 9.17) is 27.9 Å². The third-order valence-corrected chi connectivity index (χ3v) is 3.87. The van der Waals surface area contributed by atoms with Gasteiger partial charge in [0.25, 0.3) is 0 Å². The summed E-state index contributed by atoms with van der Waals surface area (Å²) in [5, 5.41) is 4.47. The molecule has 0 amide bonds. The molecule has 2 rings (SSSR count). The molecule has 1 aromatic rings. The van der Waals surface area contributed by atoms with E-state index in [0.717, 1.165) is 12.5 Å². The van der Waals surface area contributed by atoms with E-state index in [1.165, 1.54) is 12.8 Å². The molecule has 0 spiro atoms. The monoisotopic (exact) mass is 273 g/mol. The van der Waals surface area contributed by atoms with Crippen molar-refractivity contribution in [3.05, 3.63) is 28.2 Å². The normalized spacial score (nSPS) is 16.9. The van der Waals surface area contributed by atoms with Crippen molar-refractivity contribution in [2.75, 3.05) is 13.2 Å². The summed E-state index contributed by atoms with van der Waals surface area (Å²) in [6, 6.07) is 6.01. The second kappa shape index (κ2) is 5.94. The average molecular weight is 274 g/mol. The molecule has 4 heteroatoms. The van der Waals surface area contributed by atoms with Crippen molar-refractivity contribution in [3.63, 3.8) is 0 Å². The van der Waals surface area contributed by atoms with Gasteiger partial charge in [-0.25, -0.2) is 0 Å². The molecule has 0 bridgehead atoms. The first-order chi connectivity index (χ1) is 8.18. The van der Waals surface area contributed by atoms with Crippen LogP contribution in [0, 0.1) is 5.92 Å². The minimum atomic E-state index is 0.490. The summed E-state index contributed by atoms with van der Waals surface area (Å²) < 4.78 is 5.59. The van der Waals surface area contributed by atoms with Crippen LogP contribution in [0.15, 0.2) is 18.2 Å². The first-order valence-electron chi connectivity index (χ1n) is 5.98. The fourth-order valence-electron chi connectivity index (χ4n) is 1.81. The molecule has 1 atom stereocenters. The number of nitrogens with one attached hydrogen (secondary N) is 1. The van der Waals surface area contributed by atoms with E-state index in [9.17, 15) is 0 Å². The molecule has 1 aliphatic carbocycles. The predicted molar refractivity (Wildman–Crippen MR) is 72.1 cm³/mol. The van der Waals surface area contributed by atoms with Gasteiger partial charge in [0.2, 0.25) is 0 Å². The number of ether oxygens (including phenoxy) is 1. The highest BCUT2D eigenvalue weighted by Gasteiger charge is 2.27. The molecule has 1 N–H and O–H groups in total. The van der Waals surface area contributed by atoms with Gasteiger partial charge in [0, 0.05) is 12.6 Å². The molecule has 1 fully saturated rings. The zero-order chi connectivity index (χ0) is 12.3. The third kappa shape index (κ3) is 3.77. The van der Waals surface area contributed by atoms with Gasteiger partial charge < -0.3 is 10.1 Å². The molecule has 17 heavy (non-hydrogen) atoms. The number of rotatable bonds is 6. The molecular weight excluding hydrogens is 257 g/mol. The summed E-state index contributed by atoms with van der Waals surface area (Å²) in [5.41, 5.74) is 0. The fourth-order valence-corrected chi connectivity index (χ4v) is 2.15. The number of halogens is 2. The molecular formula is C13H17Cl2NO. The van der Waals surface area contributed by atoms with Crippen LogP contribution in [0.25, 0.3) is 0 Å². The Bertz CT molecular complexity index is 380. The minimum Gasteiger partial charge on any atom is -0.491 e. The van der Waals surface area contributed by atoms with Gasteiger partial charge in [-0.1, -0.05) is 29.3 Å². The van der Waals surface area contributed by atoms with Crippen molar-refractivity contribution in [1.29, 1.82) is 0 Å². The molecule has 1 unspecified atom stereocenters. The Kier molecular flexibility index (Phi) is 4.55. The van der Waals surface area contributed by atoms with Crippen molar-refractivity contribution in [3.8, 4) is 5.75 Å². The second-order valence-electron chi connectivity index (χ2n) is 4.48. The Morgan fingerprint density at radius 1 is 1.41 bits per heavy atom. The van der Waals surface area contributed by atoms with E-state index < -0.39 is 0 Å². The van der Waals surface area contributed by atoms with Crippen molar-refractivity contribution >= 4 is 23.2 Å². The maximum atomic E-state index is 6.02. The highest BCUT2D eigenvalue weighted by Crippen LogP contribution is 2.32. The molecule has 0 aliphatic heterocycles. The Hall–Kier alpha value is -0.440. The van der Waals surface area contributed by atoms with Crippen LogP contribution in [0.3, 0.4) is 0 Å². The van der Waals surface area contributed by atoms with Crippen molar-refractivity contribution in [1.82, 2.24) is 5.32 Å². The lowest BCUT2D eigenvalue weighted by atomic mass is 10.2. The molecule has 0 heterocycles. The largest absolute Gasteiger partial charge is 0.491 e. The Labute approximate surface area is 112 Å². The van der Waals surface area contributed by atoms with Gasteiger partial charge in [0.15, 0.2) is 0 Å². The smallest absolute Gasteiger partial charge is 0.139 e. The lowest BCUT2D eigenvalue weighted by Gasteiger charge is -2.13. The van der Waals surface area contributed by atoms with Crippen molar-refractivity contribution in [2.45, 2.75) is 25.8 Å². The Morgan fingerprint density at radius 2 is 2.18 bits per heavy atom. The van der Waals surface area contributed by atoms with Gasteiger partial charge in [-0.2, -0.15) is 0 Å². The van der Waals surface area contributed by atoms with E-state index in [2.05, 4.69) is 12.2 Å². The summed E-state index contributed by atoms with van der Waals surface area (Å²) in [5.74, 6) is 1.52. The minimum absolute atomic E-state index is 0.490. The maximum Gasteiger partial charge on any atom is 0.139 e. The topological polar surface area (TPSA) is 21.3 Å². The molecule has 0 radical (unpaired) electrons. The highest BCUT2D eigenvalue weighted by molar-refractivity contribution is 6.42. The summed E-state index contributed by atoms with van der Waals surface area (Å²) >= 11 is 11.9. The van der Waals surface area contributed by atoms with Crippen LogP contribution in [0.2, 0.25) is 10.0 Å². The molecule has 1 aromatic carbocycles. The van der Waals surface area contributed by atoms with E-state index in [1.54, 1.807) is 6.07 Å². The fraction of sp³-hybridized carbons (Fsp3) is 0.538. The van der Waals surface area contributed by atoms with Crippen LogP contribution >= 0.6 is 23.2 Å². The number of hydrogen-bond acceptors (Lipinski definition) is 2. The zero-order valence-corrected chi connectivity index (χ0v) is 11.4. The predicted octanol–water partition coefficient (Wildman–Crippen LogP) is 3.76. The second-order valence-corrected chi connectivity index (χ2v) is 5.27. The molecule has 1 saturated carbocycles. The Balaban J connectivity index is 1.72. The first kappa shape index (κ1) is 13.0. The maximum absolute atomic E-state index is 6.02. The summed E-state index contributed by atoms with van der Waals surface area (Å²) in [7, 11) is 0. The standard InChI is InChI=1S/C13H17Cl2NO/c1-9(10-5-6-10)16-7-8-17-12-4-2-3-11(14)13(12)15/h2-4,9-10,16H,5-8H2,1H3. The quantitative estimate of drug-likeness (QED) is 0.797. The number of benzene rings is 1. The molecule has 94 valence electrons. The first-order valence-corrected chi connectivity index (χ1v) is 6.74. The van der Waals surface area contributed by atoms with Gasteiger partial charge >= 0.3 is 0 Å². The van der Waals surface area contributed by atoms with Crippen LogP contribution in [-0.2, 0) is 0 Å². The Morgan fingerprint density at radius 3 is 2.88 bits per heavy atom. The lowest BCUT2D eigenvalue weighted by molar-refractivity contribution is 0.303. The summed E-state index contributed by atoms with van der Waals surface area (Å²) in [6.07, 6.45) is 2.71. The van der Waals surface area contributed by atoms with E-state index in [0.29, 0.717) is 28.4 Å². The van der Waals surface area contributed by atoms with Gasteiger partial charge in [-0.15, -0.1) is 0 Å². The van der Waals surface area contributed by atoms with Crippen LogP contribution in [0.4, 0.5) is 0 Å². The molecule has 1 aliphatic rings. The lowest BCUT2D eigenvalue weighted by Crippen LogP contribution is -2.31. The highest BCUT2D eigenvalue weighted by atomic mass is 35.5. The van der Waals surface area contributed by atoms with E-state index >= 15 is 0 Å². The number of hydrogen-bond donors (Lipinski definition) is 1. The van der Waals surface area contributed by atoms with Gasteiger partial charge in [-0.05, 0) is 37.8 Å². The van der Waals surface area contributed by atoms with Crippen LogP contribution < -0.4 is 10.1 Å². The molecule has 2 nitrogen and oxygen atoms in total. The van der Waals surface area contributed by atoms with E-state index in [-0.39, 0.29) is 0 Å².